The number of fused-ring (bicyclic) bond motifs is 1. The van der Waals surface area contributed by atoms with E-state index in [-0.39, 0.29) is 22.3 Å². The summed E-state index contributed by atoms with van der Waals surface area (Å²) in [6.45, 7) is 1.97. The van der Waals surface area contributed by atoms with E-state index in [0.717, 1.165) is 6.26 Å². The van der Waals surface area contributed by atoms with Crippen molar-refractivity contribution in [1.82, 2.24) is 14.9 Å². The normalized spacial score (nSPS) is 16.6. The molecule has 2 aromatic carbocycles. The molecule has 2 atom stereocenters. The molecule has 3 aromatic rings. The molecule has 0 radical (unpaired) electrons. The molecule has 37 heavy (non-hydrogen) atoms. The van der Waals surface area contributed by atoms with Gasteiger partial charge in [-0.1, -0.05) is 23.2 Å². The fraction of sp³-hybridized carbons (Fsp3) is 0.348. The van der Waals surface area contributed by atoms with Crippen LogP contribution < -0.4 is 14.8 Å². The summed E-state index contributed by atoms with van der Waals surface area (Å²) in [7, 11) is -2.29. The smallest absolute Gasteiger partial charge is 0.265 e. The van der Waals surface area contributed by atoms with Crippen molar-refractivity contribution in [3.63, 3.8) is 0 Å². The number of anilines is 2. The second kappa shape index (κ2) is 10.8. The monoisotopic (exact) mass is 572 g/mol. The third-order valence-corrected chi connectivity index (χ3v) is 7.05. The molecule has 0 aliphatic carbocycles. The van der Waals surface area contributed by atoms with Gasteiger partial charge in [0, 0.05) is 24.4 Å². The summed E-state index contributed by atoms with van der Waals surface area (Å²) in [6.07, 6.45) is 1.18. The molecular weight excluding hydrogens is 550 g/mol. The van der Waals surface area contributed by atoms with E-state index in [0.29, 0.717) is 41.2 Å². The Kier molecular flexibility index (Phi) is 7.93. The minimum Gasteiger partial charge on any atom is -0.493 e. The average Bonchev–Trinajstić information content (AvgIpc) is 3.31. The number of carbonyl (C=O) groups is 1. The summed E-state index contributed by atoms with van der Waals surface area (Å²) < 4.78 is 53.8. The van der Waals surface area contributed by atoms with Gasteiger partial charge in [0.25, 0.3) is 16.0 Å². The van der Waals surface area contributed by atoms with Crippen molar-refractivity contribution in [1.29, 1.82) is 0 Å². The number of carbonyl (C=O) groups excluding carboxylic acids is 1. The lowest BCUT2D eigenvalue weighted by molar-refractivity contribution is -0.136. The molecule has 14 heteroatoms. The van der Waals surface area contributed by atoms with Gasteiger partial charge in [0.2, 0.25) is 0 Å². The van der Waals surface area contributed by atoms with Gasteiger partial charge < -0.3 is 19.7 Å². The number of aromatic nitrogens is 2. The Morgan fingerprint density at radius 2 is 2.00 bits per heavy atom. The van der Waals surface area contributed by atoms with Crippen LogP contribution in [-0.2, 0) is 19.1 Å². The van der Waals surface area contributed by atoms with Crippen LogP contribution in [0.15, 0.2) is 30.6 Å². The molecule has 2 heterocycles. The number of amides is 1. The number of rotatable bonds is 8. The SMILES string of the molecule is COc1cc2ncnc(Nc3ccc(Cl)c(Cl)c3F)c2cc1OC1CCN(C(=O)[C@H](C)OS(C)(=O)=O)C1. The Hall–Kier alpha value is -2.93. The van der Waals surface area contributed by atoms with Crippen LogP contribution in [0.1, 0.15) is 13.3 Å². The number of halogens is 3. The number of nitrogens with zero attached hydrogens (tertiary/aromatic N) is 3. The minimum absolute atomic E-state index is 0.0723. The summed E-state index contributed by atoms with van der Waals surface area (Å²) in [5.41, 5.74) is 0.584. The summed E-state index contributed by atoms with van der Waals surface area (Å²) in [5, 5.41) is 3.30. The number of hydrogen-bond acceptors (Lipinski definition) is 9. The molecule has 10 nitrogen and oxygen atoms in total. The zero-order chi connectivity index (χ0) is 26.9. The van der Waals surface area contributed by atoms with Gasteiger partial charge in [-0.15, -0.1) is 0 Å². The Morgan fingerprint density at radius 3 is 2.70 bits per heavy atom. The first-order chi connectivity index (χ1) is 17.5. The number of hydrogen-bond donors (Lipinski definition) is 1. The molecule has 0 bridgehead atoms. The van der Waals surface area contributed by atoms with Gasteiger partial charge in [-0.2, -0.15) is 8.42 Å². The van der Waals surface area contributed by atoms with E-state index < -0.39 is 34.1 Å². The van der Waals surface area contributed by atoms with Gasteiger partial charge >= 0.3 is 0 Å². The van der Waals surface area contributed by atoms with Crippen LogP contribution in [0.3, 0.4) is 0 Å². The fourth-order valence-electron chi connectivity index (χ4n) is 3.93. The van der Waals surface area contributed by atoms with Crippen molar-refractivity contribution in [2.45, 2.75) is 25.6 Å². The van der Waals surface area contributed by atoms with E-state index in [1.54, 1.807) is 12.1 Å². The lowest BCUT2D eigenvalue weighted by Crippen LogP contribution is -2.39. The number of ether oxygens (including phenoxy) is 2. The van der Waals surface area contributed by atoms with Gasteiger partial charge in [0.1, 0.15) is 18.2 Å². The lowest BCUT2D eigenvalue weighted by atomic mass is 10.2. The molecule has 1 N–H and O–H groups in total. The van der Waals surface area contributed by atoms with Crippen molar-refractivity contribution in [2.75, 3.05) is 31.8 Å². The van der Waals surface area contributed by atoms with Crippen LogP contribution in [0.25, 0.3) is 10.9 Å². The van der Waals surface area contributed by atoms with Crippen LogP contribution in [-0.4, -0.2) is 67.9 Å². The quantitative estimate of drug-likeness (QED) is 0.313. The topological polar surface area (TPSA) is 120 Å². The van der Waals surface area contributed by atoms with Gasteiger partial charge in [0.05, 0.1) is 41.2 Å². The Bertz CT molecular complexity index is 1460. The number of methoxy groups -OCH3 is 1. The van der Waals surface area contributed by atoms with Gasteiger partial charge in [-0.3, -0.25) is 8.98 Å². The fourth-order valence-corrected chi connectivity index (χ4v) is 4.85. The number of likely N-dealkylation sites (tertiary alicyclic amines) is 1. The highest BCUT2D eigenvalue weighted by molar-refractivity contribution is 7.86. The van der Waals surface area contributed by atoms with Crippen LogP contribution >= 0.6 is 23.2 Å². The molecule has 1 aliphatic heterocycles. The highest BCUT2D eigenvalue weighted by Crippen LogP contribution is 2.37. The van der Waals surface area contributed by atoms with E-state index in [9.17, 15) is 17.6 Å². The molecule has 1 aromatic heterocycles. The van der Waals surface area contributed by atoms with Crippen molar-refractivity contribution in [3.8, 4) is 11.5 Å². The van der Waals surface area contributed by atoms with E-state index in [1.165, 1.54) is 37.4 Å². The molecule has 4 rings (SSSR count). The van der Waals surface area contributed by atoms with Crippen molar-refractivity contribution in [3.05, 3.63) is 46.5 Å². The molecule has 1 saturated heterocycles. The van der Waals surface area contributed by atoms with Crippen LogP contribution in [0, 0.1) is 5.82 Å². The number of nitrogens with one attached hydrogen (secondary N) is 1. The maximum Gasteiger partial charge on any atom is 0.265 e. The second-order valence-corrected chi connectivity index (χ2v) is 10.7. The third kappa shape index (κ3) is 6.15. The summed E-state index contributed by atoms with van der Waals surface area (Å²) in [6, 6.07) is 6.22. The molecule has 198 valence electrons. The molecule has 1 amide bonds. The Morgan fingerprint density at radius 1 is 1.24 bits per heavy atom. The highest BCUT2D eigenvalue weighted by atomic mass is 35.5. The molecule has 1 unspecified atom stereocenters. The van der Waals surface area contributed by atoms with E-state index >= 15 is 0 Å². The largest absolute Gasteiger partial charge is 0.493 e. The molecule has 1 fully saturated rings. The summed E-state index contributed by atoms with van der Waals surface area (Å²) in [4.78, 5) is 22.6. The molecular formula is C23H23Cl2FN4O6S. The van der Waals surface area contributed by atoms with Crippen LogP contribution in [0.2, 0.25) is 10.0 Å². The zero-order valence-electron chi connectivity index (χ0n) is 20.0. The summed E-state index contributed by atoms with van der Waals surface area (Å²) >= 11 is 11.8. The van der Waals surface area contributed by atoms with Crippen LogP contribution in [0.4, 0.5) is 15.9 Å². The summed E-state index contributed by atoms with van der Waals surface area (Å²) in [5.74, 6) is -0.121. The standard InChI is InChI=1S/C23H23Cl2FN4O6S/c1-12(36-37(3,32)33)23(31)30-7-6-13(10-30)35-19-8-14-17(9-18(19)34-2)27-11-28-22(14)29-16-5-4-15(24)20(25)21(16)26/h4-5,8-9,11-13H,6-7,10H2,1-3H3,(H,27,28,29)/t12-,13?/m0/s1. The second-order valence-electron chi connectivity index (χ2n) is 8.35. The predicted molar refractivity (Wildman–Crippen MR) is 137 cm³/mol. The Balaban J connectivity index is 1.57. The van der Waals surface area contributed by atoms with Crippen molar-refractivity contribution in [2.24, 2.45) is 0 Å². The first-order valence-corrected chi connectivity index (χ1v) is 13.6. The van der Waals surface area contributed by atoms with Crippen molar-refractivity contribution >= 4 is 61.6 Å². The third-order valence-electron chi connectivity index (χ3n) is 5.63. The van der Waals surface area contributed by atoms with Gasteiger partial charge in [-0.05, 0) is 25.1 Å². The molecule has 0 saturated carbocycles. The van der Waals surface area contributed by atoms with Crippen LogP contribution in [0.5, 0.6) is 11.5 Å². The molecule has 0 spiro atoms. The zero-order valence-corrected chi connectivity index (χ0v) is 22.3. The van der Waals surface area contributed by atoms with Gasteiger partial charge in [0.15, 0.2) is 23.4 Å². The average molecular weight is 573 g/mol. The van der Waals surface area contributed by atoms with Gasteiger partial charge in [-0.25, -0.2) is 14.4 Å². The minimum atomic E-state index is -3.77. The highest BCUT2D eigenvalue weighted by Gasteiger charge is 2.32. The molecule has 1 aliphatic rings. The maximum absolute atomic E-state index is 14.6. The van der Waals surface area contributed by atoms with Crippen molar-refractivity contribution < 1.29 is 31.3 Å². The lowest BCUT2D eigenvalue weighted by Gasteiger charge is -2.21. The first-order valence-electron chi connectivity index (χ1n) is 11.0. The van der Waals surface area contributed by atoms with E-state index in [4.69, 9.17) is 36.9 Å². The van der Waals surface area contributed by atoms with E-state index in [1.807, 2.05) is 0 Å². The maximum atomic E-state index is 14.6. The predicted octanol–water partition coefficient (Wildman–Crippen LogP) is 4.17. The first kappa shape index (κ1) is 27.1. The van der Waals surface area contributed by atoms with E-state index in [2.05, 4.69) is 15.3 Å². The Labute approximate surface area is 222 Å². The number of benzene rings is 2.